The number of amides is 1. The van der Waals surface area contributed by atoms with E-state index < -0.39 is 0 Å². The quantitative estimate of drug-likeness (QED) is 0.903. The lowest BCUT2D eigenvalue weighted by atomic mass is 10.1. The van der Waals surface area contributed by atoms with Gasteiger partial charge in [0.1, 0.15) is 6.54 Å². The SMILES string of the molecule is Cc1ccc(CN2C(=O)C[NH+]=C2Nc2ccc(Cl)cc2)cc1. The van der Waals surface area contributed by atoms with E-state index in [0.717, 1.165) is 11.3 Å². The lowest BCUT2D eigenvalue weighted by Crippen LogP contribution is -2.72. The molecule has 2 aromatic rings. The molecule has 0 radical (unpaired) electrons. The average molecular weight is 315 g/mol. The van der Waals surface area contributed by atoms with Gasteiger partial charge in [-0.25, -0.2) is 5.32 Å². The number of carbonyl (C=O) groups is 1. The van der Waals surface area contributed by atoms with E-state index in [-0.39, 0.29) is 5.91 Å². The van der Waals surface area contributed by atoms with Gasteiger partial charge in [-0.1, -0.05) is 41.4 Å². The van der Waals surface area contributed by atoms with Crippen molar-refractivity contribution in [3.63, 3.8) is 0 Å². The van der Waals surface area contributed by atoms with Crippen LogP contribution in [0.3, 0.4) is 0 Å². The first kappa shape index (κ1) is 14.6. The fourth-order valence-corrected chi connectivity index (χ4v) is 2.43. The number of aryl methyl sites for hydroxylation is 1. The smallest absolute Gasteiger partial charge is 0.266 e. The molecule has 22 heavy (non-hydrogen) atoms. The van der Waals surface area contributed by atoms with E-state index in [2.05, 4.69) is 22.4 Å². The van der Waals surface area contributed by atoms with Crippen LogP contribution in [0, 0.1) is 6.92 Å². The predicted octanol–water partition coefficient (Wildman–Crippen LogP) is 1.54. The van der Waals surface area contributed by atoms with Gasteiger partial charge in [-0.15, -0.1) is 0 Å². The summed E-state index contributed by atoms with van der Waals surface area (Å²) in [7, 11) is 0. The van der Waals surface area contributed by atoms with Gasteiger partial charge in [-0.3, -0.25) is 9.79 Å². The van der Waals surface area contributed by atoms with E-state index >= 15 is 0 Å². The minimum absolute atomic E-state index is 0.0528. The van der Waals surface area contributed by atoms with Crippen LogP contribution in [-0.2, 0) is 11.3 Å². The van der Waals surface area contributed by atoms with Crippen LogP contribution < -0.4 is 10.3 Å². The Morgan fingerprint density at radius 2 is 1.82 bits per heavy atom. The standard InChI is InChI=1S/C17H16ClN3O/c1-12-2-4-13(5-3-12)11-21-16(22)10-19-17(21)20-15-8-6-14(18)7-9-15/h2-9H,10-11H2,1H3,(H,19,20)/p+1. The first-order chi connectivity index (χ1) is 10.6. The number of carbonyl (C=O) groups excluding carboxylic acids is 1. The summed E-state index contributed by atoms with van der Waals surface area (Å²) in [5, 5.41) is 3.92. The molecule has 1 amide bonds. The second kappa shape index (κ2) is 6.20. The maximum atomic E-state index is 12.1. The maximum absolute atomic E-state index is 12.1. The van der Waals surface area contributed by atoms with Crippen LogP contribution in [0.2, 0.25) is 5.02 Å². The molecule has 2 N–H and O–H groups in total. The molecule has 3 rings (SSSR count). The number of rotatable bonds is 3. The molecule has 2 aromatic carbocycles. The lowest BCUT2D eigenvalue weighted by Gasteiger charge is -2.12. The number of nitrogens with one attached hydrogen (secondary N) is 2. The summed E-state index contributed by atoms with van der Waals surface area (Å²) in [4.78, 5) is 16.9. The zero-order chi connectivity index (χ0) is 15.5. The summed E-state index contributed by atoms with van der Waals surface area (Å²) < 4.78 is 0. The molecule has 0 saturated heterocycles. The highest BCUT2D eigenvalue weighted by atomic mass is 35.5. The molecule has 1 heterocycles. The summed E-state index contributed by atoms with van der Waals surface area (Å²) >= 11 is 5.89. The molecule has 0 unspecified atom stereocenters. The highest BCUT2D eigenvalue weighted by Gasteiger charge is 2.32. The second-order valence-corrected chi connectivity index (χ2v) is 5.74. The largest absolute Gasteiger partial charge is 0.358 e. The van der Waals surface area contributed by atoms with E-state index in [1.165, 1.54) is 5.56 Å². The molecule has 0 fully saturated rings. The van der Waals surface area contributed by atoms with E-state index in [4.69, 9.17) is 11.6 Å². The molecule has 1 aliphatic heterocycles. The summed E-state index contributed by atoms with van der Waals surface area (Å²) in [6, 6.07) is 15.6. The van der Waals surface area contributed by atoms with Crippen LogP contribution in [0.1, 0.15) is 11.1 Å². The van der Waals surface area contributed by atoms with E-state index in [1.807, 2.05) is 43.3 Å². The summed E-state index contributed by atoms with van der Waals surface area (Å²) in [5.41, 5.74) is 3.19. The van der Waals surface area contributed by atoms with Crippen LogP contribution in [0.4, 0.5) is 5.69 Å². The Morgan fingerprint density at radius 3 is 2.50 bits per heavy atom. The first-order valence-corrected chi connectivity index (χ1v) is 7.49. The molecule has 0 aliphatic carbocycles. The van der Waals surface area contributed by atoms with Crippen LogP contribution in [0.15, 0.2) is 48.5 Å². The molecular formula is C17H17ClN3O+. The van der Waals surface area contributed by atoms with Crippen molar-refractivity contribution in [3.8, 4) is 0 Å². The van der Waals surface area contributed by atoms with E-state index in [1.54, 1.807) is 4.90 Å². The molecular weight excluding hydrogens is 298 g/mol. The van der Waals surface area contributed by atoms with Crippen molar-refractivity contribution in [2.24, 2.45) is 0 Å². The van der Waals surface area contributed by atoms with Crippen molar-refractivity contribution in [1.82, 2.24) is 4.90 Å². The number of guanidine groups is 1. The lowest BCUT2D eigenvalue weighted by molar-refractivity contribution is -0.438. The van der Waals surface area contributed by atoms with E-state index in [9.17, 15) is 4.79 Å². The molecule has 0 atom stereocenters. The molecule has 1 aliphatic rings. The number of hydrogen-bond donors (Lipinski definition) is 2. The minimum atomic E-state index is 0.0528. The van der Waals surface area contributed by atoms with E-state index in [0.29, 0.717) is 24.1 Å². The third kappa shape index (κ3) is 3.28. The highest BCUT2D eigenvalue weighted by molar-refractivity contribution is 6.30. The van der Waals surface area contributed by atoms with Crippen molar-refractivity contribution in [1.29, 1.82) is 0 Å². The minimum Gasteiger partial charge on any atom is -0.266 e. The summed E-state index contributed by atoms with van der Waals surface area (Å²) in [6.07, 6.45) is 0. The van der Waals surface area contributed by atoms with Gasteiger partial charge >= 0.3 is 11.9 Å². The number of halogens is 1. The van der Waals surface area contributed by atoms with Gasteiger partial charge in [-0.05, 0) is 36.8 Å². The molecule has 0 saturated carbocycles. The van der Waals surface area contributed by atoms with Crippen LogP contribution in [-0.4, -0.2) is 23.3 Å². The molecule has 5 heteroatoms. The molecule has 0 spiro atoms. The zero-order valence-electron chi connectivity index (χ0n) is 12.3. The van der Waals surface area contributed by atoms with Crippen molar-refractivity contribution in [2.45, 2.75) is 13.5 Å². The Hall–Kier alpha value is -2.33. The summed E-state index contributed by atoms with van der Waals surface area (Å²) in [5.74, 6) is 0.755. The number of benzene rings is 2. The number of anilines is 1. The number of nitrogens with zero attached hydrogens (tertiary/aromatic N) is 1. The van der Waals surface area contributed by atoms with Gasteiger partial charge in [0, 0.05) is 5.02 Å². The molecule has 112 valence electrons. The average Bonchev–Trinajstić information content (AvgIpc) is 2.85. The van der Waals surface area contributed by atoms with Crippen molar-refractivity contribution in [2.75, 3.05) is 11.9 Å². The Balaban J connectivity index is 1.74. The Kier molecular flexibility index (Phi) is 4.11. The van der Waals surface area contributed by atoms with Crippen molar-refractivity contribution in [3.05, 3.63) is 64.7 Å². The normalized spacial score (nSPS) is 14.2. The Bertz CT molecular complexity index is 708. The second-order valence-electron chi connectivity index (χ2n) is 5.30. The van der Waals surface area contributed by atoms with Gasteiger partial charge in [0.05, 0.1) is 5.69 Å². The molecule has 4 nitrogen and oxygen atoms in total. The van der Waals surface area contributed by atoms with Gasteiger partial charge < -0.3 is 0 Å². The van der Waals surface area contributed by atoms with Crippen molar-refractivity contribution < 1.29 is 9.79 Å². The fourth-order valence-electron chi connectivity index (χ4n) is 2.30. The summed E-state index contributed by atoms with van der Waals surface area (Å²) in [6.45, 7) is 2.90. The van der Waals surface area contributed by atoms with Crippen LogP contribution in [0.25, 0.3) is 0 Å². The number of hydrogen-bond acceptors (Lipinski definition) is 2. The first-order valence-electron chi connectivity index (χ1n) is 7.11. The van der Waals surface area contributed by atoms with Crippen molar-refractivity contribution >= 4 is 29.2 Å². The van der Waals surface area contributed by atoms with Crippen LogP contribution in [0.5, 0.6) is 0 Å². The van der Waals surface area contributed by atoms with Gasteiger partial charge in [-0.2, -0.15) is 4.90 Å². The molecule has 0 aromatic heterocycles. The van der Waals surface area contributed by atoms with Crippen LogP contribution >= 0.6 is 11.6 Å². The Morgan fingerprint density at radius 1 is 1.14 bits per heavy atom. The maximum Gasteiger partial charge on any atom is 0.358 e. The predicted molar refractivity (Wildman–Crippen MR) is 87.6 cm³/mol. The third-order valence-corrected chi connectivity index (χ3v) is 3.80. The third-order valence-electron chi connectivity index (χ3n) is 3.55. The Labute approximate surface area is 134 Å². The van der Waals surface area contributed by atoms with Gasteiger partial charge in [0.2, 0.25) is 0 Å². The highest BCUT2D eigenvalue weighted by Crippen LogP contribution is 2.14. The fraction of sp³-hybridized carbons (Fsp3) is 0.176. The monoisotopic (exact) mass is 314 g/mol. The topological polar surface area (TPSA) is 46.3 Å². The van der Waals surface area contributed by atoms with Gasteiger partial charge in [0.15, 0.2) is 6.54 Å². The zero-order valence-corrected chi connectivity index (χ0v) is 13.0. The van der Waals surface area contributed by atoms with Gasteiger partial charge in [0.25, 0.3) is 0 Å². The molecule has 0 bridgehead atoms.